The number of amides is 1. The molecule has 0 bridgehead atoms. The highest BCUT2D eigenvalue weighted by molar-refractivity contribution is 7.88. The van der Waals surface area contributed by atoms with Gasteiger partial charge in [0.1, 0.15) is 21.2 Å². The second-order valence-corrected chi connectivity index (χ2v) is 19.5. The zero-order valence-electron chi connectivity index (χ0n) is 27.2. The summed E-state index contributed by atoms with van der Waals surface area (Å²) < 4.78 is 204. The Morgan fingerprint density at radius 1 is 0.750 bits per heavy atom. The summed E-state index contributed by atoms with van der Waals surface area (Å²) in [4.78, 5) is 49.8. The molecule has 0 fully saturated rings. The molecule has 0 aromatic heterocycles. The maximum Gasteiger partial charge on any atom is 0.534 e. The lowest BCUT2D eigenvalue weighted by molar-refractivity contribution is -0.140. The smallest absolute Gasteiger partial charge is 0.480 e. The van der Waals surface area contributed by atoms with Gasteiger partial charge in [-0.1, -0.05) is 13.1 Å². The van der Waals surface area contributed by atoms with Crippen molar-refractivity contribution in [3.05, 3.63) is 81.4 Å². The summed E-state index contributed by atoms with van der Waals surface area (Å²) in [5.41, 5.74) is -20.3. The molecule has 0 atom stereocenters. The van der Waals surface area contributed by atoms with Crippen LogP contribution in [0.2, 0.25) is 13.1 Å². The third kappa shape index (κ3) is 6.44. The third-order valence-electron chi connectivity index (χ3n) is 8.36. The molecule has 5 rings (SSSR count). The minimum Gasteiger partial charge on any atom is -0.480 e. The van der Waals surface area contributed by atoms with E-state index >= 15 is 17.6 Å². The van der Waals surface area contributed by atoms with E-state index in [0.29, 0.717) is 6.07 Å². The number of benzene rings is 3. The summed E-state index contributed by atoms with van der Waals surface area (Å²) in [5.74, 6) is -20.4. The van der Waals surface area contributed by atoms with Gasteiger partial charge in [-0.3, -0.25) is 14.4 Å². The number of rotatable bonds is 9. The van der Waals surface area contributed by atoms with Crippen LogP contribution in [0, 0.1) is 23.3 Å². The summed E-state index contributed by atoms with van der Waals surface area (Å²) in [6.07, 6.45) is 0. The molecule has 0 unspecified atom stereocenters. The van der Waals surface area contributed by atoms with Crippen molar-refractivity contribution < 1.29 is 103 Å². The zero-order valence-corrected chi connectivity index (χ0v) is 29.9. The topological polar surface area (TPSA) is 208 Å². The summed E-state index contributed by atoms with van der Waals surface area (Å²) in [5, 5.41) is 16.0. The van der Waals surface area contributed by atoms with E-state index in [9.17, 15) is 72.6 Å². The molecular formula is C29H17F10NO13S2Si. The first-order chi connectivity index (χ1) is 25.4. The number of carboxylic acids is 2. The molecule has 56 heavy (non-hydrogen) atoms. The van der Waals surface area contributed by atoms with Crippen molar-refractivity contribution >= 4 is 62.5 Å². The van der Waals surface area contributed by atoms with E-state index < -0.39 is 155 Å². The van der Waals surface area contributed by atoms with E-state index in [1.54, 1.807) is 0 Å². The minimum absolute atomic E-state index is 0.0314. The summed E-state index contributed by atoms with van der Waals surface area (Å²) in [6, 6.07) is 2.17. The Labute approximate surface area is 306 Å². The maximum absolute atomic E-state index is 16.6. The fraction of sp³-hybridized carbons (Fsp3) is 0.241. The number of hydrogen-bond donors (Lipinski definition) is 2. The average molecular weight is 870 g/mol. The van der Waals surface area contributed by atoms with Gasteiger partial charge in [0.15, 0.2) is 28.9 Å². The second-order valence-electron chi connectivity index (χ2n) is 12.2. The number of carbonyl (C=O) groups is 4. The van der Waals surface area contributed by atoms with Gasteiger partial charge in [-0.2, -0.15) is 43.2 Å². The molecule has 14 nitrogen and oxygen atoms in total. The highest BCUT2D eigenvalue weighted by Crippen LogP contribution is 2.52. The summed E-state index contributed by atoms with van der Waals surface area (Å²) in [7, 11) is -18.6. The number of nitrogens with zero attached hydrogens (tertiary/aromatic N) is 1. The van der Waals surface area contributed by atoms with Crippen LogP contribution in [0.1, 0.15) is 37.4 Å². The highest BCUT2D eigenvalue weighted by atomic mass is 32.2. The van der Waals surface area contributed by atoms with Gasteiger partial charge in [0.2, 0.25) is 11.5 Å². The van der Waals surface area contributed by atoms with Gasteiger partial charge in [0.25, 0.3) is 5.91 Å². The quantitative estimate of drug-likeness (QED) is 0.104. The average Bonchev–Trinajstić information content (AvgIpc) is 3.33. The molecule has 2 aliphatic rings. The van der Waals surface area contributed by atoms with Crippen molar-refractivity contribution in [2.24, 2.45) is 0 Å². The SMILES string of the molecule is C[Si]1(C)c2c(cc(F)c(OS(=O)(=O)C(F)(F)F)c2F)C2(OC(=O)c3ccc(C(=O)N(CC(=O)O)CC(=O)O)cc32)c2cc(F)c(OS(=O)(=O)C(F)(F)F)c(F)c21. The third-order valence-corrected chi connectivity index (χ3v) is 13.7. The predicted octanol–water partition coefficient (Wildman–Crippen LogP) is 2.91. The fourth-order valence-electron chi connectivity index (χ4n) is 6.22. The number of halogens is 10. The van der Waals surface area contributed by atoms with E-state index in [1.165, 1.54) is 0 Å². The molecule has 302 valence electrons. The van der Waals surface area contributed by atoms with E-state index in [-0.39, 0.29) is 17.0 Å². The van der Waals surface area contributed by atoms with Crippen LogP contribution in [0.25, 0.3) is 0 Å². The number of hydrogen-bond acceptors (Lipinski definition) is 11. The Morgan fingerprint density at radius 2 is 1.16 bits per heavy atom. The maximum atomic E-state index is 16.6. The molecule has 1 spiro atoms. The monoisotopic (exact) mass is 869 g/mol. The van der Waals surface area contributed by atoms with Crippen LogP contribution in [-0.2, 0) is 40.2 Å². The van der Waals surface area contributed by atoms with Crippen molar-refractivity contribution in [1.29, 1.82) is 0 Å². The summed E-state index contributed by atoms with van der Waals surface area (Å²) in [6.45, 7) is -0.879. The van der Waals surface area contributed by atoms with Crippen molar-refractivity contribution in [2.75, 3.05) is 13.1 Å². The van der Waals surface area contributed by atoms with Gasteiger partial charge in [-0.05, 0) is 40.7 Å². The Balaban J connectivity index is 1.94. The number of carbonyl (C=O) groups excluding carboxylic acids is 2. The normalized spacial score (nSPS) is 15.7. The first-order valence-corrected chi connectivity index (χ1v) is 20.4. The highest BCUT2D eigenvalue weighted by Gasteiger charge is 2.60. The van der Waals surface area contributed by atoms with Crippen LogP contribution in [0.15, 0.2) is 30.3 Å². The molecule has 2 heterocycles. The molecule has 0 saturated heterocycles. The lowest BCUT2D eigenvalue weighted by Gasteiger charge is -2.44. The van der Waals surface area contributed by atoms with E-state index in [4.69, 9.17) is 4.74 Å². The van der Waals surface area contributed by atoms with Crippen LogP contribution >= 0.6 is 0 Å². The molecular weight excluding hydrogens is 853 g/mol. The molecule has 0 saturated carbocycles. The molecule has 1 amide bonds. The molecule has 2 N–H and O–H groups in total. The van der Waals surface area contributed by atoms with Crippen molar-refractivity contribution in [1.82, 2.24) is 4.90 Å². The van der Waals surface area contributed by atoms with Gasteiger partial charge >= 0.3 is 49.2 Å². The van der Waals surface area contributed by atoms with Crippen molar-refractivity contribution in [2.45, 2.75) is 29.7 Å². The molecule has 0 radical (unpaired) electrons. The molecule has 2 aliphatic heterocycles. The van der Waals surface area contributed by atoms with Crippen molar-refractivity contribution in [3.8, 4) is 11.5 Å². The molecule has 27 heteroatoms. The number of ether oxygens (including phenoxy) is 1. The molecule has 0 aliphatic carbocycles. The van der Waals surface area contributed by atoms with Crippen LogP contribution in [-0.4, -0.2) is 87.9 Å². The minimum atomic E-state index is -6.89. The van der Waals surface area contributed by atoms with E-state index in [2.05, 4.69) is 8.37 Å². The van der Waals surface area contributed by atoms with Gasteiger partial charge in [-0.15, -0.1) is 0 Å². The number of fused-ring (bicyclic) bond motifs is 6. The van der Waals surface area contributed by atoms with Gasteiger partial charge in [0, 0.05) is 22.3 Å². The number of alkyl halides is 6. The Bertz CT molecular complexity index is 2380. The van der Waals surface area contributed by atoms with E-state index in [0.717, 1.165) is 25.2 Å². The van der Waals surface area contributed by atoms with Gasteiger partial charge in [-0.25, -0.2) is 22.4 Å². The lowest BCUT2D eigenvalue weighted by Crippen LogP contribution is -2.65. The number of carboxylic acid groups (broad SMARTS) is 2. The predicted molar refractivity (Wildman–Crippen MR) is 164 cm³/mol. The number of aliphatic carboxylic acids is 2. The largest absolute Gasteiger partial charge is 0.534 e. The Hall–Kier alpha value is -5.44. The fourth-order valence-corrected chi connectivity index (χ4v) is 10.6. The Kier molecular flexibility index (Phi) is 9.73. The van der Waals surface area contributed by atoms with Crippen LogP contribution in [0.4, 0.5) is 43.9 Å². The van der Waals surface area contributed by atoms with Gasteiger partial charge in [0.05, 0.1) is 5.56 Å². The zero-order chi connectivity index (χ0) is 42.5. The second kappa shape index (κ2) is 13.1. The standard InChI is InChI=1S/C29H17F10NO13S2Si/c1-56(2)23-13(6-15(30)21(19(23)32)52-54(47,48)28(34,35)36)27(14-7-16(31)22(20(33)24(14)56)53-55(49,50)29(37,38)39)12-5-10(3-4-11(12)26(46)51-27)25(45)40(8-17(41)42)9-18(43)44/h3-7H,8-9H2,1-2H3,(H,41,42)(H,43,44). The molecule has 3 aromatic carbocycles. The number of esters is 1. The summed E-state index contributed by atoms with van der Waals surface area (Å²) >= 11 is 0. The van der Waals surface area contributed by atoms with E-state index in [1.807, 2.05) is 0 Å². The van der Waals surface area contributed by atoms with Gasteiger partial charge < -0.3 is 28.2 Å². The van der Waals surface area contributed by atoms with Crippen LogP contribution in [0.5, 0.6) is 11.5 Å². The lowest BCUT2D eigenvalue weighted by atomic mass is 9.78. The van der Waals surface area contributed by atoms with Crippen LogP contribution < -0.4 is 18.7 Å². The Morgan fingerprint density at radius 3 is 1.54 bits per heavy atom. The first kappa shape index (κ1) is 41.7. The molecule has 3 aromatic rings. The van der Waals surface area contributed by atoms with Crippen LogP contribution in [0.3, 0.4) is 0 Å². The first-order valence-electron chi connectivity index (χ1n) is 14.6. The van der Waals surface area contributed by atoms with Crippen molar-refractivity contribution in [3.63, 3.8) is 0 Å².